The summed E-state index contributed by atoms with van der Waals surface area (Å²) >= 11 is 0. The second kappa shape index (κ2) is 2.68. The molecule has 12 heavy (non-hydrogen) atoms. The SMILES string of the molecule is CC(C)(C)C1CC[C@H]1C(C)(F)F. The van der Waals surface area contributed by atoms with Gasteiger partial charge < -0.3 is 0 Å². The van der Waals surface area contributed by atoms with Crippen LogP contribution in [-0.2, 0) is 0 Å². The number of alkyl halides is 2. The zero-order valence-electron chi connectivity index (χ0n) is 8.32. The minimum absolute atomic E-state index is 0.0440. The van der Waals surface area contributed by atoms with Gasteiger partial charge in [0.15, 0.2) is 0 Å². The predicted octanol–water partition coefficient (Wildman–Crippen LogP) is 3.71. The molecule has 0 nitrogen and oxygen atoms in total. The Hall–Kier alpha value is -0.140. The zero-order chi connectivity index (χ0) is 9.57. The quantitative estimate of drug-likeness (QED) is 0.571. The first-order valence-corrected chi connectivity index (χ1v) is 4.61. The predicted molar refractivity (Wildman–Crippen MR) is 46.3 cm³/mol. The van der Waals surface area contributed by atoms with Crippen molar-refractivity contribution in [1.29, 1.82) is 0 Å². The van der Waals surface area contributed by atoms with E-state index in [0.29, 0.717) is 6.42 Å². The molecule has 0 bridgehead atoms. The van der Waals surface area contributed by atoms with E-state index in [9.17, 15) is 8.78 Å². The Morgan fingerprint density at radius 3 is 1.42 bits per heavy atom. The van der Waals surface area contributed by atoms with Gasteiger partial charge in [-0.05, 0) is 31.1 Å². The average molecular weight is 176 g/mol. The number of hydrogen-bond acceptors (Lipinski definition) is 0. The molecule has 1 aliphatic rings. The molecular weight excluding hydrogens is 158 g/mol. The lowest BCUT2D eigenvalue weighted by molar-refractivity contribution is -0.128. The van der Waals surface area contributed by atoms with Gasteiger partial charge in [0.1, 0.15) is 0 Å². The van der Waals surface area contributed by atoms with Crippen molar-refractivity contribution in [3.05, 3.63) is 0 Å². The van der Waals surface area contributed by atoms with E-state index in [2.05, 4.69) is 20.8 Å². The van der Waals surface area contributed by atoms with Crippen LogP contribution in [0.5, 0.6) is 0 Å². The molecule has 0 radical (unpaired) electrons. The van der Waals surface area contributed by atoms with Crippen LogP contribution in [-0.4, -0.2) is 5.92 Å². The molecule has 2 atom stereocenters. The summed E-state index contributed by atoms with van der Waals surface area (Å²) in [5.74, 6) is -2.65. The van der Waals surface area contributed by atoms with Gasteiger partial charge in [0.2, 0.25) is 5.92 Å². The lowest BCUT2D eigenvalue weighted by Gasteiger charge is -2.47. The fraction of sp³-hybridized carbons (Fsp3) is 1.00. The van der Waals surface area contributed by atoms with Crippen molar-refractivity contribution in [2.24, 2.45) is 17.3 Å². The van der Waals surface area contributed by atoms with Crippen molar-refractivity contribution in [3.8, 4) is 0 Å². The van der Waals surface area contributed by atoms with Crippen molar-refractivity contribution in [3.63, 3.8) is 0 Å². The van der Waals surface area contributed by atoms with Crippen LogP contribution < -0.4 is 0 Å². The van der Waals surface area contributed by atoms with E-state index in [0.717, 1.165) is 13.3 Å². The summed E-state index contributed by atoms with van der Waals surface area (Å²) in [4.78, 5) is 0. The molecule has 0 heterocycles. The lowest BCUT2D eigenvalue weighted by Crippen LogP contribution is -2.45. The highest BCUT2D eigenvalue weighted by Crippen LogP contribution is 2.52. The second-order valence-corrected chi connectivity index (χ2v) is 5.11. The molecule has 0 saturated heterocycles. The molecule has 1 unspecified atom stereocenters. The largest absolute Gasteiger partial charge is 0.248 e. The summed E-state index contributed by atoms with van der Waals surface area (Å²) in [5.41, 5.74) is 0.0440. The molecule has 0 aromatic carbocycles. The van der Waals surface area contributed by atoms with E-state index >= 15 is 0 Å². The average Bonchev–Trinajstić information content (AvgIpc) is 1.46. The third-order valence-corrected chi connectivity index (χ3v) is 3.04. The van der Waals surface area contributed by atoms with Gasteiger partial charge in [-0.1, -0.05) is 20.8 Å². The molecule has 2 heteroatoms. The van der Waals surface area contributed by atoms with Gasteiger partial charge in [0.05, 0.1) is 0 Å². The van der Waals surface area contributed by atoms with Crippen LogP contribution in [0.25, 0.3) is 0 Å². The highest BCUT2D eigenvalue weighted by atomic mass is 19.3. The Labute approximate surface area is 73.3 Å². The van der Waals surface area contributed by atoms with Gasteiger partial charge in [-0.25, -0.2) is 8.78 Å². The standard InChI is InChI=1S/C10H18F2/c1-9(2,3)7-5-6-8(7)10(4,11)12/h7-8H,5-6H2,1-4H3/t7?,8-/m1/s1. The van der Waals surface area contributed by atoms with E-state index in [1.54, 1.807) is 0 Å². The zero-order valence-corrected chi connectivity index (χ0v) is 8.32. The summed E-state index contributed by atoms with van der Waals surface area (Å²) in [6.45, 7) is 7.20. The van der Waals surface area contributed by atoms with Crippen LogP contribution in [0.2, 0.25) is 0 Å². The Morgan fingerprint density at radius 1 is 0.917 bits per heavy atom. The first-order chi connectivity index (χ1) is 5.23. The minimum atomic E-state index is -2.48. The van der Waals surface area contributed by atoms with E-state index in [1.165, 1.54) is 0 Å². The summed E-state index contributed by atoms with van der Waals surface area (Å²) in [6, 6.07) is 0. The summed E-state index contributed by atoms with van der Waals surface area (Å²) < 4.78 is 25.9. The van der Waals surface area contributed by atoms with Crippen LogP contribution in [0.15, 0.2) is 0 Å². The maximum atomic E-state index is 12.9. The van der Waals surface area contributed by atoms with Crippen molar-refractivity contribution in [1.82, 2.24) is 0 Å². The van der Waals surface area contributed by atoms with Crippen LogP contribution in [0.4, 0.5) is 8.78 Å². The number of rotatable bonds is 1. The van der Waals surface area contributed by atoms with Crippen LogP contribution in [0, 0.1) is 17.3 Å². The van der Waals surface area contributed by atoms with Gasteiger partial charge in [0.25, 0.3) is 0 Å². The fourth-order valence-corrected chi connectivity index (χ4v) is 2.14. The normalized spacial score (nSPS) is 31.5. The Bertz CT molecular complexity index is 142. The van der Waals surface area contributed by atoms with Crippen LogP contribution in [0.3, 0.4) is 0 Å². The topological polar surface area (TPSA) is 0 Å². The van der Waals surface area contributed by atoms with Crippen molar-refractivity contribution >= 4 is 0 Å². The molecule has 0 N–H and O–H groups in total. The van der Waals surface area contributed by atoms with Gasteiger partial charge in [0, 0.05) is 5.92 Å². The summed E-state index contributed by atoms with van der Waals surface area (Å²) in [6.07, 6.45) is 1.67. The summed E-state index contributed by atoms with van der Waals surface area (Å²) in [5, 5.41) is 0. The Morgan fingerprint density at radius 2 is 1.33 bits per heavy atom. The molecule has 1 saturated carbocycles. The maximum Gasteiger partial charge on any atom is 0.248 e. The van der Waals surface area contributed by atoms with E-state index in [1.807, 2.05) is 0 Å². The van der Waals surface area contributed by atoms with Crippen molar-refractivity contribution in [2.75, 3.05) is 0 Å². The van der Waals surface area contributed by atoms with Crippen LogP contribution >= 0.6 is 0 Å². The van der Waals surface area contributed by atoms with Gasteiger partial charge in [-0.15, -0.1) is 0 Å². The molecule has 1 rings (SSSR count). The molecule has 0 aromatic heterocycles. The Kier molecular flexibility index (Phi) is 2.22. The van der Waals surface area contributed by atoms with Crippen molar-refractivity contribution < 1.29 is 8.78 Å². The first kappa shape index (κ1) is 9.94. The minimum Gasteiger partial charge on any atom is -0.207 e. The maximum absolute atomic E-state index is 12.9. The summed E-state index contributed by atoms with van der Waals surface area (Å²) in [7, 11) is 0. The van der Waals surface area contributed by atoms with E-state index in [4.69, 9.17) is 0 Å². The number of halogens is 2. The molecule has 0 amide bonds. The molecular formula is C10H18F2. The molecule has 72 valence electrons. The van der Waals surface area contributed by atoms with E-state index < -0.39 is 5.92 Å². The highest BCUT2D eigenvalue weighted by molar-refractivity contribution is 4.93. The fourth-order valence-electron chi connectivity index (χ4n) is 2.14. The molecule has 0 aliphatic heterocycles. The Balaban J connectivity index is 2.62. The van der Waals surface area contributed by atoms with Crippen molar-refractivity contribution in [2.45, 2.75) is 46.5 Å². The molecule has 0 spiro atoms. The number of hydrogen-bond donors (Lipinski definition) is 0. The van der Waals surface area contributed by atoms with Gasteiger partial charge >= 0.3 is 0 Å². The third kappa shape index (κ3) is 1.78. The van der Waals surface area contributed by atoms with Gasteiger partial charge in [-0.2, -0.15) is 0 Å². The lowest BCUT2D eigenvalue weighted by atomic mass is 9.59. The molecule has 1 aliphatic carbocycles. The first-order valence-electron chi connectivity index (χ1n) is 4.61. The molecule has 0 aromatic rings. The van der Waals surface area contributed by atoms with Crippen LogP contribution in [0.1, 0.15) is 40.5 Å². The smallest absolute Gasteiger partial charge is 0.207 e. The third-order valence-electron chi connectivity index (χ3n) is 3.04. The monoisotopic (exact) mass is 176 g/mol. The second-order valence-electron chi connectivity index (χ2n) is 5.11. The van der Waals surface area contributed by atoms with Gasteiger partial charge in [-0.3, -0.25) is 0 Å². The molecule has 1 fully saturated rings. The highest BCUT2D eigenvalue weighted by Gasteiger charge is 2.49. The van der Waals surface area contributed by atoms with E-state index in [-0.39, 0.29) is 17.3 Å².